The summed E-state index contributed by atoms with van der Waals surface area (Å²) in [7, 11) is 2.03. The third kappa shape index (κ3) is 2.77. The molecule has 7 nitrogen and oxygen atoms in total. The standard InChI is InChI=1S/C12H18N4O3/c1-15-4-2-8(3-5-15)16-7-9(12(18)19)10(14-13)6-11(16)17/h6-8,14H,2-5,13H2,1H3,(H,18,19). The number of carbonyl (C=O) groups is 1. The Balaban J connectivity index is 2.38. The molecule has 0 radical (unpaired) electrons. The maximum absolute atomic E-state index is 12.0. The van der Waals surface area contributed by atoms with E-state index in [2.05, 4.69) is 10.3 Å². The largest absolute Gasteiger partial charge is 0.478 e. The molecule has 0 aliphatic carbocycles. The Labute approximate surface area is 110 Å². The summed E-state index contributed by atoms with van der Waals surface area (Å²) in [6.45, 7) is 1.80. The van der Waals surface area contributed by atoms with Gasteiger partial charge in [0.25, 0.3) is 5.56 Å². The number of carboxylic acids is 1. The van der Waals surface area contributed by atoms with Gasteiger partial charge in [-0.15, -0.1) is 0 Å². The molecule has 0 amide bonds. The number of rotatable bonds is 3. The van der Waals surface area contributed by atoms with Crippen molar-refractivity contribution in [2.75, 3.05) is 25.6 Å². The third-order valence-corrected chi connectivity index (χ3v) is 3.55. The van der Waals surface area contributed by atoms with Crippen molar-refractivity contribution in [3.8, 4) is 0 Å². The van der Waals surface area contributed by atoms with E-state index in [9.17, 15) is 9.59 Å². The lowest BCUT2D eigenvalue weighted by Gasteiger charge is -2.30. The van der Waals surface area contributed by atoms with Crippen LogP contribution in [0.2, 0.25) is 0 Å². The van der Waals surface area contributed by atoms with Gasteiger partial charge in [0.2, 0.25) is 0 Å². The van der Waals surface area contributed by atoms with Gasteiger partial charge in [-0.1, -0.05) is 0 Å². The zero-order valence-corrected chi connectivity index (χ0v) is 10.8. The molecule has 0 unspecified atom stereocenters. The Morgan fingerprint density at radius 2 is 2.11 bits per heavy atom. The molecule has 0 atom stereocenters. The summed E-state index contributed by atoms with van der Waals surface area (Å²) in [5, 5.41) is 9.13. The number of pyridine rings is 1. The van der Waals surface area contributed by atoms with Gasteiger partial charge in [0.15, 0.2) is 0 Å². The first-order valence-corrected chi connectivity index (χ1v) is 6.17. The first kappa shape index (κ1) is 13.6. The van der Waals surface area contributed by atoms with E-state index in [0.29, 0.717) is 0 Å². The zero-order chi connectivity index (χ0) is 14.0. The third-order valence-electron chi connectivity index (χ3n) is 3.55. The van der Waals surface area contributed by atoms with Crippen LogP contribution < -0.4 is 16.8 Å². The number of nitrogens with one attached hydrogen (secondary N) is 1. The Morgan fingerprint density at radius 3 is 2.63 bits per heavy atom. The number of aromatic nitrogens is 1. The summed E-state index contributed by atoms with van der Waals surface area (Å²) in [4.78, 5) is 25.4. The van der Waals surface area contributed by atoms with Gasteiger partial charge in [0.05, 0.1) is 5.69 Å². The second kappa shape index (κ2) is 5.41. The van der Waals surface area contributed by atoms with Gasteiger partial charge < -0.3 is 20.0 Å². The molecule has 7 heteroatoms. The number of carboxylic acid groups (broad SMARTS) is 1. The van der Waals surface area contributed by atoms with Gasteiger partial charge in [-0.25, -0.2) is 4.79 Å². The van der Waals surface area contributed by atoms with Crippen molar-refractivity contribution in [2.45, 2.75) is 18.9 Å². The molecule has 2 rings (SSSR count). The number of hydrogen-bond donors (Lipinski definition) is 3. The molecule has 104 valence electrons. The molecule has 1 fully saturated rings. The fourth-order valence-corrected chi connectivity index (χ4v) is 2.40. The Kier molecular flexibility index (Phi) is 3.87. The van der Waals surface area contributed by atoms with Gasteiger partial charge >= 0.3 is 5.97 Å². The van der Waals surface area contributed by atoms with Crippen molar-refractivity contribution in [1.82, 2.24) is 9.47 Å². The molecule has 1 aromatic heterocycles. The molecular formula is C12H18N4O3. The fourth-order valence-electron chi connectivity index (χ4n) is 2.40. The predicted octanol–water partition coefficient (Wildman–Crippen LogP) is 0.0988. The van der Waals surface area contributed by atoms with E-state index in [-0.39, 0.29) is 22.9 Å². The van der Waals surface area contributed by atoms with Crippen LogP contribution in [0.1, 0.15) is 29.2 Å². The fraction of sp³-hybridized carbons (Fsp3) is 0.500. The van der Waals surface area contributed by atoms with E-state index in [0.717, 1.165) is 25.9 Å². The molecule has 1 saturated heterocycles. The van der Waals surface area contributed by atoms with Crippen LogP contribution in [-0.4, -0.2) is 40.7 Å². The first-order chi connectivity index (χ1) is 9.02. The number of hydrogen-bond acceptors (Lipinski definition) is 5. The van der Waals surface area contributed by atoms with Crippen molar-refractivity contribution in [3.63, 3.8) is 0 Å². The normalized spacial score (nSPS) is 17.4. The second-order valence-corrected chi connectivity index (χ2v) is 4.83. The molecule has 19 heavy (non-hydrogen) atoms. The maximum atomic E-state index is 12.0. The minimum Gasteiger partial charge on any atom is -0.478 e. The minimum absolute atomic E-state index is 0.0148. The predicted molar refractivity (Wildman–Crippen MR) is 71.2 cm³/mol. The molecule has 0 saturated carbocycles. The van der Waals surface area contributed by atoms with Crippen LogP contribution >= 0.6 is 0 Å². The van der Waals surface area contributed by atoms with Crippen LogP contribution in [0.15, 0.2) is 17.1 Å². The molecule has 1 aromatic rings. The number of nitrogens with zero attached hydrogens (tertiary/aromatic N) is 2. The highest BCUT2D eigenvalue weighted by atomic mass is 16.4. The van der Waals surface area contributed by atoms with Crippen LogP contribution in [0.5, 0.6) is 0 Å². The van der Waals surface area contributed by atoms with Crippen molar-refractivity contribution in [3.05, 3.63) is 28.2 Å². The van der Waals surface area contributed by atoms with Gasteiger partial charge in [-0.05, 0) is 33.0 Å². The molecule has 0 aromatic carbocycles. The average Bonchev–Trinajstić information content (AvgIpc) is 2.39. The summed E-state index contributed by atoms with van der Waals surface area (Å²) < 4.78 is 1.51. The van der Waals surface area contributed by atoms with E-state index in [1.807, 2.05) is 7.05 Å². The van der Waals surface area contributed by atoms with Crippen LogP contribution in [-0.2, 0) is 0 Å². The van der Waals surface area contributed by atoms with Crippen molar-refractivity contribution >= 4 is 11.7 Å². The summed E-state index contributed by atoms with van der Waals surface area (Å²) in [5.74, 6) is 4.13. The molecule has 0 bridgehead atoms. The van der Waals surface area contributed by atoms with Crippen molar-refractivity contribution in [1.29, 1.82) is 0 Å². The highest BCUT2D eigenvalue weighted by Gasteiger charge is 2.21. The van der Waals surface area contributed by atoms with Crippen LogP contribution in [0.25, 0.3) is 0 Å². The first-order valence-electron chi connectivity index (χ1n) is 6.17. The summed E-state index contributed by atoms with van der Waals surface area (Å²) in [6, 6.07) is 1.29. The van der Waals surface area contributed by atoms with Crippen LogP contribution in [0.3, 0.4) is 0 Å². The van der Waals surface area contributed by atoms with Gasteiger partial charge in [0, 0.05) is 18.3 Å². The summed E-state index contributed by atoms with van der Waals surface area (Å²) in [6.07, 6.45) is 3.06. The Hall–Kier alpha value is -1.86. The smallest absolute Gasteiger partial charge is 0.339 e. The van der Waals surface area contributed by atoms with E-state index >= 15 is 0 Å². The molecular weight excluding hydrogens is 248 g/mol. The van der Waals surface area contributed by atoms with Gasteiger partial charge in [-0.2, -0.15) is 0 Å². The molecule has 1 aliphatic heterocycles. The number of hydrazine groups is 1. The maximum Gasteiger partial charge on any atom is 0.339 e. The quantitative estimate of drug-likeness (QED) is 0.530. The van der Waals surface area contributed by atoms with Crippen molar-refractivity contribution < 1.29 is 9.90 Å². The minimum atomic E-state index is -1.10. The lowest BCUT2D eigenvalue weighted by atomic mass is 10.0. The number of anilines is 1. The highest BCUT2D eigenvalue weighted by molar-refractivity contribution is 5.93. The van der Waals surface area contributed by atoms with Crippen LogP contribution in [0, 0.1) is 0 Å². The lowest BCUT2D eigenvalue weighted by molar-refractivity contribution is 0.0696. The SMILES string of the molecule is CN1CCC(n2cc(C(=O)O)c(NN)cc2=O)CC1. The molecule has 4 N–H and O–H groups in total. The topological polar surface area (TPSA) is 101 Å². The highest BCUT2D eigenvalue weighted by Crippen LogP contribution is 2.22. The van der Waals surface area contributed by atoms with E-state index in [4.69, 9.17) is 10.9 Å². The number of piperidine rings is 1. The van der Waals surface area contributed by atoms with Gasteiger partial charge in [0.1, 0.15) is 5.56 Å². The Bertz CT molecular complexity index is 532. The zero-order valence-electron chi connectivity index (χ0n) is 10.8. The van der Waals surface area contributed by atoms with Crippen molar-refractivity contribution in [2.24, 2.45) is 5.84 Å². The lowest BCUT2D eigenvalue weighted by Crippen LogP contribution is -2.35. The van der Waals surface area contributed by atoms with Gasteiger partial charge in [-0.3, -0.25) is 10.6 Å². The second-order valence-electron chi connectivity index (χ2n) is 4.83. The average molecular weight is 266 g/mol. The number of nitrogen functional groups attached to an aromatic ring is 1. The van der Waals surface area contributed by atoms with E-state index < -0.39 is 5.97 Å². The monoisotopic (exact) mass is 266 g/mol. The van der Waals surface area contributed by atoms with Crippen LogP contribution in [0.4, 0.5) is 5.69 Å². The summed E-state index contributed by atoms with van der Waals surface area (Å²) >= 11 is 0. The molecule has 2 heterocycles. The Morgan fingerprint density at radius 1 is 1.47 bits per heavy atom. The summed E-state index contributed by atoms with van der Waals surface area (Å²) in [5.41, 5.74) is 2.18. The number of nitrogens with two attached hydrogens (primary N) is 1. The molecule has 0 spiro atoms. The number of aromatic carboxylic acids is 1. The van der Waals surface area contributed by atoms with E-state index in [1.54, 1.807) is 0 Å². The molecule has 1 aliphatic rings. The van der Waals surface area contributed by atoms with E-state index in [1.165, 1.54) is 16.8 Å². The number of likely N-dealkylation sites (tertiary alicyclic amines) is 1.